The summed E-state index contributed by atoms with van der Waals surface area (Å²) < 4.78 is 0. The number of rotatable bonds is 0. The summed E-state index contributed by atoms with van der Waals surface area (Å²) in [6.45, 7) is 3.97. The van der Waals surface area contributed by atoms with Gasteiger partial charge in [0.05, 0.1) is 0 Å². The highest BCUT2D eigenvalue weighted by Crippen LogP contribution is 2.50. The van der Waals surface area contributed by atoms with E-state index >= 15 is 0 Å². The van der Waals surface area contributed by atoms with Crippen LogP contribution in [0, 0.1) is 18.3 Å². The van der Waals surface area contributed by atoms with Crippen molar-refractivity contribution in [1.29, 1.82) is 0 Å². The van der Waals surface area contributed by atoms with E-state index in [0.29, 0.717) is 0 Å². The van der Waals surface area contributed by atoms with E-state index in [-0.39, 0.29) is 0 Å². The van der Waals surface area contributed by atoms with E-state index in [1.54, 1.807) is 0 Å². The zero-order valence-corrected chi connectivity index (χ0v) is 4.98. The molecule has 0 saturated heterocycles. The number of hydrogen-bond acceptors (Lipinski definition) is 0. The second-order valence-electron chi connectivity index (χ2n) is 2.80. The minimum atomic E-state index is 0.726. The van der Waals surface area contributed by atoms with Crippen molar-refractivity contribution in [3.05, 3.63) is 18.6 Å². The highest BCUT2D eigenvalue weighted by molar-refractivity contribution is 5.24. The van der Waals surface area contributed by atoms with Crippen molar-refractivity contribution in [2.45, 2.75) is 19.3 Å². The number of allylic oxidation sites excluding steroid dienone is 1. The Morgan fingerprint density at radius 3 is 3.12 bits per heavy atom. The standard InChI is InChI=1S/C8H10/c1-6-3-2-4-7-5-8(6)7/h7-8H,1-4H2. The summed E-state index contributed by atoms with van der Waals surface area (Å²) in [6.07, 6.45) is 7.37. The number of hydrogen-bond donors (Lipinski definition) is 0. The first-order valence-corrected chi connectivity index (χ1v) is 3.31. The highest BCUT2D eigenvalue weighted by atomic mass is 14.4. The lowest BCUT2D eigenvalue weighted by atomic mass is 9.97. The molecule has 2 radical (unpaired) electrons. The normalized spacial score (nSPS) is 43.8. The topological polar surface area (TPSA) is 0 Å². The minimum absolute atomic E-state index is 0.726. The molecule has 2 atom stereocenters. The summed E-state index contributed by atoms with van der Waals surface area (Å²) in [5.41, 5.74) is 1.43. The maximum atomic E-state index is 3.97. The Balaban J connectivity index is 2.08. The third kappa shape index (κ3) is 0.521. The van der Waals surface area contributed by atoms with Gasteiger partial charge in [0.15, 0.2) is 0 Å². The fourth-order valence-electron chi connectivity index (χ4n) is 1.53. The molecule has 0 aromatic heterocycles. The van der Waals surface area contributed by atoms with Gasteiger partial charge >= 0.3 is 0 Å². The van der Waals surface area contributed by atoms with Gasteiger partial charge in [-0.25, -0.2) is 0 Å². The van der Waals surface area contributed by atoms with Crippen LogP contribution in [-0.2, 0) is 0 Å². The molecule has 2 fully saturated rings. The molecule has 0 spiro atoms. The van der Waals surface area contributed by atoms with E-state index in [1.807, 2.05) is 0 Å². The Labute approximate surface area is 50.6 Å². The number of fused-ring (bicyclic) bond motifs is 1. The Bertz CT molecular complexity index is 124. The largest absolute Gasteiger partial charge is 0.0995 e. The molecule has 0 aromatic rings. The van der Waals surface area contributed by atoms with Gasteiger partial charge in [-0.05, 0) is 37.5 Å². The van der Waals surface area contributed by atoms with Crippen LogP contribution in [0.4, 0.5) is 0 Å². The second kappa shape index (κ2) is 1.37. The van der Waals surface area contributed by atoms with E-state index in [4.69, 9.17) is 0 Å². The predicted molar refractivity (Wildman–Crippen MR) is 33.2 cm³/mol. The molecular weight excluding hydrogens is 96.1 g/mol. The highest BCUT2D eigenvalue weighted by Gasteiger charge is 2.41. The monoisotopic (exact) mass is 106 g/mol. The van der Waals surface area contributed by atoms with Crippen molar-refractivity contribution in [3.63, 3.8) is 0 Å². The molecule has 0 aromatic carbocycles. The van der Waals surface area contributed by atoms with E-state index in [2.05, 4.69) is 13.0 Å². The van der Waals surface area contributed by atoms with Crippen molar-refractivity contribution < 1.29 is 0 Å². The molecule has 42 valence electrons. The molecule has 2 aliphatic carbocycles. The lowest BCUT2D eigenvalue weighted by Gasteiger charge is -2.09. The van der Waals surface area contributed by atoms with Gasteiger partial charge in [-0.15, -0.1) is 0 Å². The average Bonchev–Trinajstić information content (AvgIpc) is 2.45. The third-order valence-corrected chi connectivity index (χ3v) is 2.14. The van der Waals surface area contributed by atoms with Gasteiger partial charge in [0, 0.05) is 0 Å². The van der Waals surface area contributed by atoms with Crippen molar-refractivity contribution in [3.8, 4) is 0 Å². The van der Waals surface area contributed by atoms with Gasteiger partial charge in [0.25, 0.3) is 0 Å². The van der Waals surface area contributed by atoms with Gasteiger partial charge in [0.1, 0.15) is 0 Å². The zero-order chi connectivity index (χ0) is 5.56. The molecule has 0 amide bonds. The van der Waals surface area contributed by atoms with Crippen LogP contribution in [0.3, 0.4) is 0 Å². The smallest absolute Gasteiger partial charge is 0.00530 e. The van der Waals surface area contributed by atoms with Crippen LogP contribution in [0.25, 0.3) is 0 Å². The molecule has 8 heavy (non-hydrogen) atoms. The Morgan fingerprint density at radius 2 is 2.50 bits per heavy atom. The lowest BCUT2D eigenvalue weighted by molar-refractivity contribution is 0.573. The van der Waals surface area contributed by atoms with Gasteiger partial charge in [-0.1, -0.05) is 12.2 Å². The fourth-order valence-corrected chi connectivity index (χ4v) is 1.53. The van der Waals surface area contributed by atoms with Crippen LogP contribution >= 0.6 is 0 Å². The van der Waals surface area contributed by atoms with Crippen LogP contribution in [0.1, 0.15) is 19.3 Å². The fraction of sp³-hybridized carbons (Fsp3) is 0.625. The molecule has 2 aliphatic rings. The summed E-state index contributed by atoms with van der Waals surface area (Å²) in [5, 5.41) is 0. The van der Waals surface area contributed by atoms with Crippen molar-refractivity contribution in [1.82, 2.24) is 0 Å². The maximum absolute atomic E-state index is 3.97. The van der Waals surface area contributed by atoms with Crippen LogP contribution in [0.2, 0.25) is 0 Å². The molecule has 0 heterocycles. The second-order valence-corrected chi connectivity index (χ2v) is 2.80. The molecule has 0 aliphatic heterocycles. The minimum Gasteiger partial charge on any atom is -0.0995 e. The van der Waals surface area contributed by atoms with Crippen molar-refractivity contribution >= 4 is 0 Å². The van der Waals surface area contributed by atoms with E-state index < -0.39 is 0 Å². The summed E-state index contributed by atoms with van der Waals surface area (Å²) in [6, 6.07) is 0. The third-order valence-electron chi connectivity index (χ3n) is 2.14. The van der Waals surface area contributed by atoms with Crippen LogP contribution in [0.5, 0.6) is 0 Å². The van der Waals surface area contributed by atoms with Crippen LogP contribution in [-0.4, -0.2) is 0 Å². The molecule has 0 heteroatoms. The van der Waals surface area contributed by atoms with Gasteiger partial charge in [0.2, 0.25) is 0 Å². The molecule has 2 unspecified atom stereocenters. The summed E-state index contributed by atoms with van der Waals surface area (Å²) in [7, 11) is 0. The van der Waals surface area contributed by atoms with E-state index in [9.17, 15) is 0 Å². The summed E-state index contributed by atoms with van der Waals surface area (Å²) in [5.74, 6) is 1.56. The van der Waals surface area contributed by atoms with Gasteiger partial charge < -0.3 is 0 Å². The lowest BCUT2D eigenvalue weighted by Crippen LogP contribution is -1.95. The SMILES string of the molecule is C=C1CCCC2[C]C12. The molecule has 0 nitrogen and oxygen atoms in total. The van der Waals surface area contributed by atoms with Crippen molar-refractivity contribution in [2.24, 2.45) is 11.8 Å². The first-order chi connectivity index (χ1) is 3.88. The Morgan fingerprint density at radius 1 is 1.62 bits per heavy atom. The maximum Gasteiger partial charge on any atom is -0.00530 e. The van der Waals surface area contributed by atoms with Gasteiger partial charge in [-0.2, -0.15) is 0 Å². The predicted octanol–water partition coefficient (Wildman–Crippen LogP) is 2.05. The van der Waals surface area contributed by atoms with E-state index in [0.717, 1.165) is 11.8 Å². The quantitative estimate of drug-likeness (QED) is 0.414. The Hall–Kier alpha value is -0.260. The molecule has 2 rings (SSSR count). The molecule has 0 bridgehead atoms. The Kier molecular flexibility index (Phi) is 0.787. The zero-order valence-electron chi connectivity index (χ0n) is 4.98. The van der Waals surface area contributed by atoms with Crippen LogP contribution < -0.4 is 0 Å². The average molecular weight is 106 g/mol. The van der Waals surface area contributed by atoms with Crippen molar-refractivity contribution in [2.75, 3.05) is 0 Å². The van der Waals surface area contributed by atoms with Crippen LogP contribution in [0.15, 0.2) is 12.2 Å². The molecule has 0 N–H and O–H groups in total. The summed E-state index contributed by atoms with van der Waals surface area (Å²) in [4.78, 5) is 0. The molecule has 2 saturated carbocycles. The van der Waals surface area contributed by atoms with E-state index in [1.165, 1.54) is 24.8 Å². The summed E-state index contributed by atoms with van der Waals surface area (Å²) >= 11 is 0. The van der Waals surface area contributed by atoms with Gasteiger partial charge in [-0.3, -0.25) is 0 Å². The molecular formula is C8H10. The first kappa shape index (κ1) is 4.60. The first-order valence-electron chi connectivity index (χ1n) is 3.31.